The van der Waals surface area contributed by atoms with Crippen LogP contribution in [0.4, 0.5) is 9.59 Å². The van der Waals surface area contributed by atoms with Gasteiger partial charge in [-0.05, 0) is 17.7 Å². The third-order valence-electron chi connectivity index (χ3n) is 4.93. The van der Waals surface area contributed by atoms with E-state index < -0.39 is 11.6 Å². The standard InChI is InChI=1S/C17H20Cl2N4O3/c1-16(2,9-3-4-11(18)12(19)5-9)8-20-14(25)21-10-6-17(7-10)13(24)22-15(26)23-17/h3-5,10H,6-8H2,1-2H3,(H2,20,21,25)(H2,22,23,24,26). The van der Waals surface area contributed by atoms with Crippen molar-refractivity contribution in [2.75, 3.05) is 6.54 Å². The van der Waals surface area contributed by atoms with Crippen LogP contribution in [0.2, 0.25) is 10.0 Å². The Morgan fingerprint density at radius 2 is 1.96 bits per heavy atom. The van der Waals surface area contributed by atoms with E-state index in [9.17, 15) is 14.4 Å². The Kier molecular flexibility index (Phi) is 4.79. The van der Waals surface area contributed by atoms with Crippen LogP contribution in [0.3, 0.4) is 0 Å². The molecule has 1 aromatic rings. The van der Waals surface area contributed by atoms with Gasteiger partial charge in [0.2, 0.25) is 0 Å². The van der Waals surface area contributed by atoms with Gasteiger partial charge in [-0.25, -0.2) is 9.59 Å². The molecule has 7 nitrogen and oxygen atoms in total. The summed E-state index contributed by atoms with van der Waals surface area (Å²) >= 11 is 12.0. The third kappa shape index (κ3) is 3.59. The number of benzene rings is 1. The van der Waals surface area contributed by atoms with E-state index >= 15 is 0 Å². The maximum absolute atomic E-state index is 12.1. The predicted octanol–water partition coefficient (Wildman–Crippen LogP) is 2.31. The molecule has 1 spiro atoms. The SMILES string of the molecule is CC(C)(CNC(=O)NC1CC2(C1)NC(=O)NC2=O)c1ccc(Cl)c(Cl)c1. The van der Waals surface area contributed by atoms with E-state index in [2.05, 4.69) is 21.3 Å². The highest BCUT2D eigenvalue weighted by atomic mass is 35.5. The van der Waals surface area contributed by atoms with Gasteiger partial charge in [-0.15, -0.1) is 0 Å². The van der Waals surface area contributed by atoms with Gasteiger partial charge in [-0.3, -0.25) is 10.1 Å². The molecule has 0 atom stereocenters. The smallest absolute Gasteiger partial charge is 0.322 e. The lowest BCUT2D eigenvalue weighted by molar-refractivity contribution is -0.127. The van der Waals surface area contributed by atoms with Gasteiger partial charge in [-0.1, -0.05) is 43.1 Å². The van der Waals surface area contributed by atoms with Crippen molar-refractivity contribution in [1.82, 2.24) is 21.3 Å². The van der Waals surface area contributed by atoms with Gasteiger partial charge in [0.05, 0.1) is 10.0 Å². The molecule has 1 saturated carbocycles. The highest BCUT2D eigenvalue weighted by Gasteiger charge is 2.55. The van der Waals surface area contributed by atoms with Crippen LogP contribution in [0.1, 0.15) is 32.3 Å². The largest absolute Gasteiger partial charge is 0.337 e. The molecule has 140 valence electrons. The lowest BCUT2D eigenvalue weighted by Crippen LogP contribution is -2.64. The first-order valence-corrected chi connectivity index (χ1v) is 9.00. The Morgan fingerprint density at radius 1 is 1.27 bits per heavy atom. The predicted molar refractivity (Wildman–Crippen MR) is 98.4 cm³/mol. The summed E-state index contributed by atoms with van der Waals surface area (Å²) in [5.41, 5.74) is -0.250. The minimum Gasteiger partial charge on any atom is -0.337 e. The first kappa shape index (κ1) is 18.8. The summed E-state index contributed by atoms with van der Waals surface area (Å²) in [6, 6.07) is 4.44. The number of rotatable bonds is 4. The summed E-state index contributed by atoms with van der Waals surface area (Å²) in [5, 5.41) is 11.4. The molecule has 1 saturated heterocycles. The van der Waals surface area contributed by atoms with Gasteiger partial charge >= 0.3 is 12.1 Å². The first-order chi connectivity index (χ1) is 12.1. The lowest BCUT2D eigenvalue weighted by atomic mass is 9.72. The molecule has 2 aliphatic rings. The maximum Gasteiger partial charge on any atom is 0.322 e. The van der Waals surface area contributed by atoms with Gasteiger partial charge < -0.3 is 16.0 Å². The van der Waals surface area contributed by atoms with Crippen molar-refractivity contribution < 1.29 is 14.4 Å². The fourth-order valence-electron chi connectivity index (χ4n) is 3.26. The molecule has 26 heavy (non-hydrogen) atoms. The number of amides is 5. The highest BCUT2D eigenvalue weighted by molar-refractivity contribution is 6.42. The van der Waals surface area contributed by atoms with Crippen LogP contribution in [-0.4, -0.2) is 36.1 Å². The lowest BCUT2D eigenvalue weighted by Gasteiger charge is -2.42. The molecule has 1 aromatic carbocycles. The molecule has 1 aliphatic carbocycles. The molecule has 4 N–H and O–H groups in total. The maximum atomic E-state index is 12.1. The number of hydrogen-bond donors (Lipinski definition) is 4. The van der Waals surface area contributed by atoms with E-state index in [1.807, 2.05) is 19.9 Å². The molecule has 1 aliphatic heterocycles. The Labute approximate surface area is 161 Å². The number of urea groups is 2. The average Bonchev–Trinajstić information content (AvgIpc) is 2.82. The Morgan fingerprint density at radius 3 is 2.54 bits per heavy atom. The van der Waals surface area contributed by atoms with E-state index in [1.54, 1.807) is 12.1 Å². The van der Waals surface area contributed by atoms with Crippen LogP contribution in [0.25, 0.3) is 0 Å². The molecule has 5 amide bonds. The Bertz CT molecular complexity index is 775. The minimum atomic E-state index is -0.867. The minimum absolute atomic E-state index is 0.160. The first-order valence-electron chi connectivity index (χ1n) is 8.25. The fraction of sp³-hybridized carbons (Fsp3) is 0.471. The van der Waals surface area contributed by atoms with Gasteiger partial charge in [-0.2, -0.15) is 0 Å². The molecule has 0 bridgehead atoms. The van der Waals surface area contributed by atoms with E-state index in [1.165, 1.54) is 0 Å². The van der Waals surface area contributed by atoms with Crippen LogP contribution in [0.15, 0.2) is 18.2 Å². The van der Waals surface area contributed by atoms with Crippen molar-refractivity contribution in [3.05, 3.63) is 33.8 Å². The van der Waals surface area contributed by atoms with Crippen LogP contribution in [0, 0.1) is 0 Å². The van der Waals surface area contributed by atoms with Crippen molar-refractivity contribution in [2.45, 2.75) is 43.7 Å². The van der Waals surface area contributed by atoms with Crippen molar-refractivity contribution in [2.24, 2.45) is 0 Å². The number of nitrogens with one attached hydrogen (secondary N) is 4. The second kappa shape index (κ2) is 6.63. The normalized spacial score (nSPS) is 24.7. The van der Waals surface area contributed by atoms with E-state index in [4.69, 9.17) is 23.2 Å². The molecule has 0 radical (unpaired) electrons. The topological polar surface area (TPSA) is 99.3 Å². The van der Waals surface area contributed by atoms with E-state index in [0.29, 0.717) is 29.4 Å². The second-order valence-corrected chi connectivity index (χ2v) is 8.25. The van der Waals surface area contributed by atoms with Crippen LogP contribution in [-0.2, 0) is 10.2 Å². The second-order valence-electron chi connectivity index (χ2n) is 7.44. The van der Waals surface area contributed by atoms with Crippen LogP contribution in [0.5, 0.6) is 0 Å². The molecular formula is C17H20Cl2N4O3. The van der Waals surface area contributed by atoms with Crippen LogP contribution >= 0.6 is 23.2 Å². The van der Waals surface area contributed by atoms with Crippen molar-refractivity contribution in [1.29, 1.82) is 0 Å². The monoisotopic (exact) mass is 398 g/mol. The summed E-state index contributed by atoms with van der Waals surface area (Å²) in [6.45, 7) is 4.37. The molecule has 3 rings (SSSR count). The van der Waals surface area contributed by atoms with E-state index in [0.717, 1.165) is 5.56 Å². The summed E-state index contributed by atoms with van der Waals surface area (Å²) in [5.74, 6) is -0.332. The Balaban J connectivity index is 1.49. The number of hydrogen-bond acceptors (Lipinski definition) is 3. The molecule has 2 fully saturated rings. The number of imide groups is 1. The Hall–Kier alpha value is -1.99. The van der Waals surface area contributed by atoms with Gasteiger partial charge in [0.25, 0.3) is 5.91 Å². The zero-order chi connectivity index (χ0) is 19.1. The zero-order valence-corrected chi connectivity index (χ0v) is 15.9. The zero-order valence-electron chi connectivity index (χ0n) is 14.4. The quantitative estimate of drug-likeness (QED) is 0.585. The molecule has 0 unspecified atom stereocenters. The van der Waals surface area contributed by atoms with Crippen LogP contribution < -0.4 is 21.3 Å². The third-order valence-corrected chi connectivity index (χ3v) is 5.67. The van der Waals surface area contributed by atoms with Gasteiger partial charge in [0, 0.05) is 30.8 Å². The van der Waals surface area contributed by atoms with E-state index in [-0.39, 0.29) is 23.4 Å². The summed E-state index contributed by atoms with van der Waals surface area (Å²) in [4.78, 5) is 35.1. The molecule has 1 heterocycles. The number of carbonyl (C=O) groups excluding carboxylic acids is 3. The summed E-state index contributed by atoms with van der Waals surface area (Å²) in [7, 11) is 0. The van der Waals surface area contributed by atoms with Gasteiger partial charge in [0.15, 0.2) is 0 Å². The summed E-state index contributed by atoms with van der Waals surface area (Å²) < 4.78 is 0. The summed E-state index contributed by atoms with van der Waals surface area (Å²) in [6.07, 6.45) is 0.766. The average molecular weight is 399 g/mol. The number of halogens is 2. The fourth-order valence-corrected chi connectivity index (χ4v) is 3.55. The highest BCUT2D eigenvalue weighted by Crippen LogP contribution is 2.35. The van der Waals surface area contributed by atoms with Gasteiger partial charge in [0.1, 0.15) is 5.54 Å². The molecule has 9 heteroatoms. The van der Waals surface area contributed by atoms with Crippen molar-refractivity contribution >= 4 is 41.2 Å². The molecule has 0 aromatic heterocycles. The van der Waals surface area contributed by atoms with Crippen molar-refractivity contribution in [3.63, 3.8) is 0 Å². The number of carbonyl (C=O) groups is 3. The molecular weight excluding hydrogens is 379 g/mol. The van der Waals surface area contributed by atoms with Crippen molar-refractivity contribution in [3.8, 4) is 0 Å².